The Morgan fingerprint density at radius 1 is 0.886 bits per heavy atom. The largest absolute Gasteiger partial charge is 0.337 e. The number of amides is 1. The zero-order chi connectivity index (χ0) is 24.4. The van der Waals surface area contributed by atoms with Crippen molar-refractivity contribution >= 4 is 28.7 Å². The highest BCUT2D eigenvalue weighted by atomic mass is 16.1. The lowest BCUT2D eigenvalue weighted by Crippen LogP contribution is -2.20. The lowest BCUT2D eigenvalue weighted by Gasteiger charge is -2.22. The van der Waals surface area contributed by atoms with Gasteiger partial charge in [0, 0.05) is 41.1 Å². The van der Waals surface area contributed by atoms with Gasteiger partial charge in [0.05, 0.1) is 5.69 Å². The van der Waals surface area contributed by atoms with Gasteiger partial charge in [0.1, 0.15) is 0 Å². The fourth-order valence-electron chi connectivity index (χ4n) is 4.10. The number of nitrogens with zero attached hydrogens (tertiary/aromatic N) is 3. The van der Waals surface area contributed by atoms with Crippen LogP contribution < -0.4 is 10.6 Å². The summed E-state index contributed by atoms with van der Waals surface area (Å²) in [7, 11) is 0. The third-order valence-corrected chi connectivity index (χ3v) is 5.81. The van der Waals surface area contributed by atoms with Gasteiger partial charge >= 0.3 is 0 Å². The van der Waals surface area contributed by atoms with Crippen molar-refractivity contribution in [3.05, 3.63) is 109 Å². The Morgan fingerprint density at radius 3 is 2.43 bits per heavy atom. The van der Waals surface area contributed by atoms with Crippen molar-refractivity contribution in [1.82, 2.24) is 14.4 Å². The van der Waals surface area contributed by atoms with E-state index in [1.54, 1.807) is 6.20 Å². The number of benzene rings is 3. The zero-order valence-electron chi connectivity index (χ0n) is 20.0. The molecule has 6 heteroatoms. The number of hydrogen-bond acceptors (Lipinski definition) is 4. The molecule has 0 atom stereocenters. The number of carbonyl (C=O) groups excluding carboxylic acids is 1. The van der Waals surface area contributed by atoms with Gasteiger partial charge in [0.2, 0.25) is 0 Å². The van der Waals surface area contributed by atoms with Crippen LogP contribution in [0.25, 0.3) is 16.9 Å². The van der Waals surface area contributed by atoms with Crippen LogP contribution in [0.2, 0.25) is 0 Å². The van der Waals surface area contributed by atoms with Gasteiger partial charge in [-0.25, -0.2) is 9.97 Å². The van der Waals surface area contributed by atoms with E-state index in [0.29, 0.717) is 17.1 Å². The lowest BCUT2D eigenvalue weighted by molar-refractivity contribution is 0.102. The molecule has 0 saturated heterocycles. The number of rotatable bonds is 5. The first-order chi connectivity index (χ1) is 16.9. The normalized spacial score (nSPS) is 11.4. The average molecular weight is 462 g/mol. The third-order valence-electron chi connectivity index (χ3n) is 5.81. The molecular weight excluding hydrogens is 434 g/mol. The van der Waals surface area contributed by atoms with Crippen LogP contribution in [0.3, 0.4) is 0 Å². The van der Waals surface area contributed by atoms with Crippen LogP contribution in [0.4, 0.5) is 17.2 Å². The summed E-state index contributed by atoms with van der Waals surface area (Å²) in [6.07, 6.45) is 5.58. The Bertz CT molecular complexity index is 1500. The number of nitrogens with one attached hydrogen (secondary N) is 2. The van der Waals surface area contributed by atoms with Crippen molar-refractivity contribution in [3.63, 3.8) is 0 Å². The van der Waals surface area contributed by atoms with Gasteiger partial charge in [-0.2, -0.15) is 0 Å². The molecule has 5 rings (SSSR count). The van der Waals surface area contributed by atoms with Crippen LogP contribution in [0.1, 0.15) is 36.7 Å². The first-order valence-electron chi connectivity index (χ1n) is 11.6. The first kappa shape index (κ1) is 22.3. The van der Waals surface area contributed by atoms with Gasteiger partial charge in [-0.05, 0) is 41.3 Å². The Kier molecular flexibility index (Phi) is 5.79. The molecule has 2 heterocycles. The van der Waals surface area contributed by atoms with Crippen LogP contribution in [-0.2, 0) is 5.41 Å². The summed E-state index contributed by atoms with van der Waals surface area (Å²) in [6.45, 7) is 6.33. The SMILES string of the molecule is CC(C)(C)c1ccccc1C(=O)Nc1cccc(-c2cn3ccnc3c(Nc3ccccc3)n2)c1. The zero-order valence-corrected chi connectivity index (χ0v) is 20.0. The van der Waals surface area contributed by atoms with E-state index in [2.05, 4.69) is 36.4 Å². The summed E-state index contributed by atoms with van der Waals surface area (Å²) >= 11 is 0. The highest BCUT2D eigenvalue weighted by Crippen LogP contribution is 2.28. The molecule has 35 heavy (non-hydrogen) atoms. The van der Waals surface area contributed by atoms with E-state index in [-0.39, 0.29) is 11.3 Å². The predicted molar refractivity (Wildman–Crippen MR) is 141 cm³/mol. The van der Waals surface area contributed by atoms with Gasteiger partial charge in [-0.1, -0.05) is 69.3 Å². The highest BCUT2D eigenvalue weighted by molar-refractivity contribution is 6.05. The maximum absolute atomic E-state index is 13.2. The summed E-state index contributed by atoms with van der Waals surface area (Å²) in [5.41, 5.74) is 5.58. The molecule has 0 aliphatic rings. The van der Waals surface area contributed by atoms with Gasteiger partial charge in [0.25, 0.3) is 5.91 Å². The molecule has 5 aromatic rings. The van der Waals surface area contributed by atoms with Crippen LogP contribution in [0.5, 0.6) is 0 Å². The molecule has 2 aromatic heterocycles. The van der Waals surface area contributed by atoms with E-state index in [1.807, 2.05) is 95.7 Å². The molecule has 0 bridgehead atoms. The van der Waals surface area contributed by atoms with Gasteiger partial charge in [0.15, 0.2) is 11.5 Å². The summed E-state index contributed by atoms with van der Waals surface area (Å²) in [6, 6.07) is 25.4. The number of fused-ring (bicyclic) bond motifs is 1. The number of imidazole rings is 1. The van der Waals surface area contributed by atoms with Gasteiger partial charge in [-0.15, -0.1) is 0 Å². The average Bonchev–Trinajstić information content (AvgIpc) is 3.33. The van der Waals surface area contributed by atoms with E-state index < -0.39 is 0 Å². The van der Waals surface area contributed by atoms with Crippen molar-refractivity contribution in [3.8, 4) is 11.3 Å². The van der Waals surface area contributed by atoms with Gasteiger partial charge in [-0.3, -0.25) is 4.79 Å². The molecule has 3 aromatic carbocycles. The van der Waals surface area contributed by atoms with Crippen molar-refractivity contribution in [2.75, 3.05) is 10.6 Å². The number of carbonyl (C=O) groups is 1. The first-order valence-corrected chi connectivity index (χ1v) is 11.6. The fourth-order valence-corrected chi connectivity index (χ4v) is 4.10. The molecule has 0 aliphatic carbocycles. The number of hydrogen-bond donors (Lipinski definition) is 2. The molecule has 2 N–H and O–H groups in total. The van der Waals surface area contributed by atoms with Crippen LogP contribution in [0, 0.1) is 0 Å². The molecule has 0 spiro atoms. The monoisotopic (exact) mass is 461 g/mol. The van der Waals surface area contributed by atoms with E-state index >= 15 is 0 Å². The molecule has 0 radical (unpaired) electrons. The summed E-state index contributed by atoms with van der Waals surface area (Å²) in [5, 5.41) is 6.43. The minimum atomic E-state index is -0.137. The van der Waals surface area contributed by atoms with Crippen LogP contribution in [0.15, 0.2) is 97.5 Å². The third kappa shape index (κ3) is 4.77. The molecular formula is C29H27N5O. The van der Waals surface area contributed by atoms with E-state index in [4.69, 9.17) is 4.98 Å². The molecule has 1 amide bonds. The molecule has 0 saturated carbocycles. The van der Waals surface area contributed by atoms with Crippen molar-refractivity contribution in [2.24, 2.45) is 0 Å². The maximum Gasteiger partial charge on any atom is 0.255 e. The van der Waals surface area contributed by atoms with Crippen LogP contribution in [-0.4, -0.2) is 20.3 Å². The number of aromatic nitrogens is 3. The standard InChI is InChI=1S/C29H27N5O/c1-29(2,3)24-15-8-7-14-23(24)28(35)32-22-13-9-10-20(18-22)25-19-34-17-16-30-27(34)26(33-25)31-21-11-5-4-6-12-21/h4-19H,1-3H3,(H,31,33)(H,32,35). The Hall–Kier alpha value is -4.45. The minimum Gasteiger partial charge on any atom is -0.337 e. The number of para-hydroxylation sites is 1. The lowest BCUT2D eigenvalue weighted by atomic mass is 9.83. The Morgan fingerprint density at radius 2 is 1.63 bits per heavy atom. The second kappa shape index (κ2) is 9.06. The van der Waals surface area contributed by atoms with E-state index in [1.165, 1.54) is 0 Å². The fraction of sp³-hybridized carbons (Fsp3) is 0.138. The predicted octanol–water partition coefficient (Wildman–Crippen LogP) is 6.69. The second-order valence-electron chi connectivity index (χ2n) is 9.45. The molecule has 0 fully saturated rings. The van der Waals surface area contributed by atoms with Gasteiger partial charge < -0.3 is 15.0 Å². The summed E-state index contributed by atoms with van der Waals surface area (Å²) in [4.78, 5) is 22.5. The Balaban J connectivity index is 1.47. The second-order valence-corrected chi connectivity index (χ2v) is 9.45. The molecule has 0 aliphatic heterocycles. The minimum absolute atomic E-state index is 0.128. The summed E-state index contributed by atoms with van der Waals surface area (Å²) in [5.74, 6) is 0.532. The van der Waals surface area contributed by atoms with E-state index in [0.717, 1.165) is 28.2 Å². The smallest absolute Gasteiger partial charge is 0.255 e. The molecule has 6 nitrogen and oxygen atoms in total. The van der Waals surface area contributed by atoms with Crippen molar-refractivity contribution in [1.29, 1.82) is 0 Å². The Labute approximate surface area is 204 Å². The molecule has 174 valence electrons. The van der Waals surface area contributed by atoms with Crippen molar-refractivity contribution in [2.45, 2.75) is 26.2 Å². The number of anilines is 3. The topological polar surface area (TPSA) is 71.3 Å². The quantitative estimate of drug-likeness (QED) is 0.306. The van der Waals surface area contributed by atoms with E-state index in [9.17, 15) is 4.79 Å². The summed E-state index contributed by atoms with van der Waals surface area (Å²) < 4.78 is 1.94. The van der Waals surface area contributed by atoms with Crippen LogP contribution >= 0.6 is 0 Å². The highest BCUT2D eigenvalue weighted by Gasteiger charge is 2.21. The molecule has 0 unspecified atom stereocenters. The van der Waals surface area contributed by atoms with Crippen molar-refractivity contribution < 1.29 is 4.79 Å². The maximum atomic E-state index is 13.2.